The summed E-state index contributed by atoms with van der Waals surface area (Å²) in [5.41, 5.74) is 2.18. The first kappa shape index (κ1) is 20.6. The molecular weight excluding hydrogens is 353 g/mol. The summed E-state index contributed by atoms with van der Waals surface area (Å²) in [5.74, 6) is 0.583. The Hall–Kier alpha value is -2.17. The molecule has 0 aliphatic heterocycles. The second-order valence-corrected chi connectivity index (χ2v) is 8.03. The van der Waals surface area contributed by atoms with Crippen molar-refractivity contribution in [2.45, 2.75) is 31.8 Å². The maximum Gasteiger partial charge on any atom is 0.126 e. The molecule has 2 unspecified atom stereocenters. The molecular formula is C24H30FNO2. The zero-order chi connectivity index (χ0) is 20.3. The number of methoxy groups -OCH3 is 1. The van der Waals surface area contributed by atoms with E-state index in [2.05, 4.69) is 11.0 Å². The number of aryl methyl sites for hydroxylation is 1. The van der Waals surface area contributed by atoms with E-state index < -0.39 is 5.60 Å². The highest BCUT2D eigenvalue weighted by atomic mass is 19.1. The Balaban J connectivity index is 2.12. The zero-order valence-corrected chi connectivity index (χ0v) is 17.2. The molecule has 2 aromatic rings. The van der Waals surface area contributed by atoms with Gasteiger partial charge in [0, 0.05) is 12.5 Å². The van der Waals surface area contributed by atoms with E-state index in [1.165, 1.54) is 6.07 Å². The fourth-order valence-electron chi connectivity index (χ4n) is 4.28. The predicted octanol–water partition coefficient (Wildman–Crippen LogP) is 4.78. The van der Waals surface area contributed by atoms with E-state index >= 15 is 0 Å². The second kappa shape index (κ2) is 8.46. The summed E-state index contributed by atoms with van der Waals surface area (Å²) in [6, 6.07) is 12.8. The number of hydrogen-bond donors (Lipinski definition) is 1. The highest BCUT2D eigenvalue weighted by Crippen LogP contribution is 2.46. The van der Waals surface area contributed by atoms with E-state index in [0.717, 1.165) is 48.3 Å². The number of halogens is 1. The molecule has 0 bridgehead atoms. The molecule has 1 aliphatic carbocycles. The van der Waals surface area contributed by atoms with Gasteiger partial charge in [-0.05, 0) is 86.8 Å². The molecule has 0 spiro atoms. The summed E-state index contributed by atoms with van der Waals surface area (Å²) in [6.07, 6.45) is 4.84. The van der Waals surface area contributed by atoms with Crippen LogP contribution in [0.5, 0.6) is 5.75 Å². The first-order valence-corrected chi connectivity index (χ1v) is 9.83. The van der Waals surface area contributed by atoms with Crippen molar-refractivity contribution in [3.63, 3.8) is 0 Å². The third-order valence-electron chi connectivity index (χ3n) is 5.70. The van der Waals surface area contributed by atoms with Crippen LogP contribution in [0, 0.1) is 18.7 Å². The van der Waals surface area contributed by atoms with Crippen LogP contribution in [0.1, 0.15) is 36.0 Å². The number of aliphatic hydroxyl groups is 1. The van der Waals surface area contributed by atoms with Gasteiger partial charge in [-0.2, -0.15) is 0 Å². The van der Waals surface area contributed by atoms with E-state index in [-0.39, 0.29) is 11.7 Å². The third kappa shape index (κ3) is 4.13. The van der Waals surface area contributed by atoms with Crippen molar-refractivity contribution in [2.24, 2.45) is 5.92 Å². The van der Waals surface area contributed by atoms with Gasteiger partial charge in [0.1, 0.15) is 17.2 Å². The smallest absolute Gasteiger partial charge is 0.126 e. The van der Waals surface area contributed by atoms with Crippen LogP contribution >= 0.6 is 0 Å². The Labute approximate surface area is 167 Å². The van der Waals surface area contributed by atoms with E-state index in [4.69, 9.17) is 4.74 Å². The van der Waals surface area contributed by atoms with E-state index in [0.29, 0.717) is 5.56 Å². The van der Waals surface area contributed by atoms with Crippen LogP contribution in [0.2, 0.25) is 0 Å². The van der Waals surface area contributed by atoms with Crippen LogP contribution in [0.4, 0.5) is 4.39 Å². The summed E-state index contributed by atoms with van der Waals surface area (Å²) >= 11 is 0. The monoisotopic (exact) mass is 383 g/mol. The summed E-state index contributed by atoms with van der Waals surface area (Å²) in [4.78, 5) is 2.11. The lowest BCUT2D eigenvalue weighted by Crippen LogP contribution is -2.44. The van der Waals surface area contributed by atoms with Crippen molar-refractivity contribution in [3.05, 3.63) is 70.5 Å². The molecule has 4 heteroatoms. The van der Waals surface area contributed by atoms with Crippen molar-refractivity contribution >= 4 is 6.08 Å². The fourth-order valence-corrected chi connectivity index (χ4v) is 4.28. The summed E-state index contributed by atoms with van der Waals surface area (Å²) in [6.45, 7) is 2.51. The first-order chi connectivity index (χ1) is 13.3. The molecule has 150 valence electrons. The summed E-state index contributed by atoms with van der Waals surface area (Å²) in [7, 11) is 5.70. The molecule has 1 fully saturated rings. The Morgan fingerprint density at radius 2 is 2.04 bits per heavy atom. The van der Waals surface area contributed by atoms with E-state index in [1.807, 2.05) is 38.4 Å². The van der Waals surface area contributed by atoms with E-state index in [9.17, 15) is 9.50 Å². The molecule has 0 radical (unpaired) electrons. The average Bonchev–Trinajstić information content (AvgIpc) is 2.67. The number of benzene rings is 2. The SMILES string of the molecule is COc1cccc(C=C2CCCC(CN(C)C)C2(O)c2ccc(F)c(C)c2)c1. The average molecular weight is 384 g/mol. The standard InChI is InChI=1S/C24H30FNO2/c1-17-13-20(11-12-23(17)25)24(27)19(8-6-9-21(24)16-26(2)3)14-18-7-5-10-22(15-18)28-4/h5,7,10-15,21,27H,6,8-9,16H2,1-4H3. The second-order valence-electron chi connectivity index (χ2n) is 8.03. The van der Waals surface area contributed by atoms with Gasteiger partial charge < -0.3 is 14.7 Å². The van der Waals surface area contributed by atoms with Gasteiger partial charge in [0.15, 0.2) is 0 Å². The molecule has 1 N–H and O–H groups in total. The number of rotatable bonds is 5. The molecule has 2 atom stereocenters. The molecule has 0 saturated heterocycles. The largest absolute Gasteiger partial charge is 0.497 e. The Morgan fingerprint density at radius 1 is 1.25 bits per heavy atom. The van der Waals surface area contributed by atoms with Gasteiger partial charge in [0.25, 0.3) is 0 Å². The van der Waals surface area contributed by atoms with Gasteiger partial charge >= 0.3 is 0 Å². The van der Waals surface area contributed by atoms with Crippen molar-refractivity contribution in [2.75, 3.05) is 27.7 Å². The molecule has 2 aromatic carbocycles. The highest BCUT2D eigenvalue weighted by Gasteiger charge is 2.44. The topological polar surface area (TPSA) is 32.7 Å². The first-order valence-electron chi connectivity index (χ1n) is 9.83. The van der Waals surface area contributed by atoms with Crippen molar-refractivity contribution in [1.82, 2.24) is 4.90 Å². The highest BCUT2D eigenvalue weighted by molar-refractivity contribution is 5.59. The number of ether oxygens (including phenoxy) is 1. The Kier molecular flexibility index (Phi) is 6.21. The lowest BCUT2D eigenvalue weighted by Gasteiger charge is -2.44. The molecule has 0 amide bonds. The minimum Gasteiger partial charge on any atom is -0.497 e. The van der Waals surface area contributed by atoms with Gasteiger partial charge in [-0.1, -0.05) is 24.3 Å². The quantitative estimate of drug-likeness (QED) is 0.807. The summed E-state index contributed by atoms with van der Waals surface area (Å²) in [5, 5.41) is 12.1. The predicted molar refractivity (Wildman–Crippen MR) is 112 cm³/mol. The Morgan fingerprint density at radius 3 is 2.71 bits per heavy atom. The van der Waals surface area contributed by atoms with Crippen molar-refractivity contribution < 1.29 is 14.2 Å². The zero-order valence-electron chi connectivity index (χ0n) is 17.2. The van der Waals surface area contributed by atoms with Crippen molar-refractivity contribution in [3.8, 4) is 5.75 Å². The molecule has 3 rings (SSSR count). The molecule has 1 aliphatic rings. The maximum atomic E-state index is 13.9. The molecule has 1 saturated carbocycles. The van der Waals surface area contributed by atoms with Gasteiger partial charge in [0.2, 0.25) is 0 Å². The van der Waals surface area contributed by atoms with Crippen LogP contribution in [0.3, 0.4) is 0 Å². The van der Waals surface area contributed by atoms with Crippen LogP contribution in [-0.2, 0) is 5.60 Å². The molecule has 28 heavy (non-hydrogen) atoms. The van der Waals surface area contributed by atoms with E-state index in [1.54, 1.807) is 26.2 Å². The third-order valence-corrected chi connectivity index (χ3v) is 5.70. The van der Waals surface area contributed by atoms with Crippen molar-refractivity contribution in [1.29, 1.82) is 0 Å². The lowest BCUT2D eigenvalue weighted by molar-refractivity contribution is -0.0175. The number of hydrogen-bond acceptors (Lipinski definition) is 3. The van der Waals surface area contributed by atoms with Gasteiger partial charge in [-0.15, -0.1) is 0 Å². The van der Waals surface area contributed by atoms with Crippen LogP contribution in [-0.4, -0.2) is 37.8 Å². The molecule has 0 heterocycles. The minimum absolute atomic E-state index is 0.0398. The fraction of sp³-hybridized carbons (Fsp3) is 0.417. The minimum atomic E-state index is -1.12. The molecule has 3 nitrogen and oxygen atoms in total. The van der Waals surface area contributed by atoms with Gasteiger partial charge in [-0.3, -0.25) is 0 Å². The van der Waals surface area contributed by atoms with Crippen LogP contribution in [0.15, 0.2) is 48.0 Å². The summed E-state index contributed by atoms with van der Waals surface area (Å²) < 4.78 is 19.3. The van der Waals surface area contributed by atoms with Crippen LogP contribution < -0.4 is 4.74 Å². The van der Waals surface area contributed by atoms with Crippen LogP contribution in [0.25, 0.3) is 6.08 Å². The van der Waals surface area contributed by atoms with Gasteiger partial charge in [0.05, 0.1) is 7.11 Å². The Bertz CT molecular complexity index is 861. The van der Waals surface area contributed by atoms with Gasteiger partial charge in [-0.25, -0.2) is 4.39 Å². The maximum absolute atomic E-state index is 13.9. The normalized spacial score (nSPS) is 24.0. The lowest BCUT2D eigenvalue weighted by atomic mass is 9.67. The number of nitrogens with zero attached hydrogens (tertiary/aromatic N) is 1. The molecule has 0 aromatic heterocycles.